The maximum Gasteiger partial charge on any atom is -0.0158 e. The minimum atomic E-state index is 0.147. The predicted octanol–water partition coefficient (Wildman–Crippen LogP) is 6.11. The van der Waals surface area contributed by atoms with E-state index in [1.54, 1.807) is 51.4 Å². The number of hydrogen-bond donors (Lipinski definition) is 0. The van der Waals surface area contributed by atoms with Crippen LogP contribution in [-0.4, -0.2) is 22.6 Å². The fraction of sp³-hybridized carbons (Fsp3) is 0.727. The van der Waals surface area contributed by atoms with Gasteiger partial charge in [-0.3, -0.25) is 0 Å². The standard InChI is InChI=1S/C22H32P2/c1-2-16-22(24-19-11-5-12-20(24)14-6-13-19)21(15-1)23-17-7-3-8-18(23)10-4-9-17/h1-2,15-20H,3-14H2. The lowest BCUT2D eigenvalue weighted by atomic mass is 9.99. The van der Waals surface area contributed by atoms with Crippen LogP contribution in [0.4, 0.5) is 0 Å². The van der Waals surface area contributed by atoms with E-state index in [1.807, 2.05) is 10.6 Å². The van der Waals surface area contributed by atoms with Crippen LogP contribution in [0.5, 0.6) is 0 Å². The molecular weight excluding hydrogens is 326 g/mol. The van der Waals surface area contributed by atoms with Crippen molar-refractivity contribution in [2.24, 2.45) is 0 Å². The van der Waals surface area contributed by atoms with E-state index >= 15 is 0 Å². The van der Waals surface area contributed by atoms with Crippen LogP contribution in [0, 0.1) is 0 Å². The Morgan fingerprint density at radius 3 is 1.08 bits per heavy atom. The molecule has 4 heterocycles. The first kappa shape index (κ1) is 16.3. The van der Waals surface area contributed by atoms with E-state index in [1.165, 1.54) is 25.7 Å². The van der Waals surface area contributed by atoms with Gasteiger partial charge >= 0.3 is 0 Å². The largest absolute Gasteiger partial charge is 0.0683 e. The monoisotopic (exact) mass is 358 g/mol. The molecule has 0 radical (unpaired) electrons. The molecule has 0 aromatic heterocycles. The van der Waals surface area contributed by atoms with Crippen LogP contribution in [0.3, 0.4) is 0 Å². The zero-order valence-corrected chi connectivity index (χ0v) is 16.8. The summed E-state index contributed by atoms with van der Waals surface area (Å²) in [5, 5.41) is 3.82. The Balaban J connectivity index is 1.54. The molecule has 0 saturated carbocycles. The molecule has 0 amide bonds. The van der Waals surface area contributed by atoms with Gasteiger partial charge in [0.1, 0.15) is 0 Å². The number of hydrogen-bond acceptors (Lipinski definition) is 0. The van der Waals surface area contributed by atoms with Crippen LogP contribution in [0.1, 0.15) is 77.0 Å². The van der Waals surface area contributed by atoms with Crippen LogP contribution in [0.15, 0.2) is 24.3 Å². The third-order valence-corrected chi connectivity index (χ3v) is 14.6. The normalized spacial score (nSPS) is 41.8. The summed E-state index contributed by atoms with van der Waals surface area (Å²) in [6.07, 6.45) is 18.4. The van der Waals surface area contributed by atoms with Gasteiger partial charge in [-0.2, -0.15) is 0 Å². The van der Waals surface area contributed by atoms with Crippen molar-refractivity contribution in [1.29, 1.82) is 0 Å². The highest BCUT2D eigenvalue weighted by Gasteiger charge is 2.42. The Labute approximate surface area is 150 Å². The summed E-state index contributed by atoms with van der Waals surface area (Å²) >= 11 is 0. The molecular formula is C22H32P2. The second-order valence-corrected chi connectivity index (χ2v) is 14.2. The summed E-state index contributed by atoms with van der Waals surface area (Å²) in [5.74, 6) is 0. The first-order valence-electron chi connectivity index (χ1n) is 10.6. The highest BCUT2D eigenvalue weighted by atomic mass is 31.1. The van der Waals surface area contributed by atoms with E-state index in [9.17, 15) is 0 Å². The van der Waals surface area contributed by atoms with Crippen LogP contribution in [-0.2, 0) is 0 Å². The lowest BCUT2D eigenvalue weighted by molar-refractivity contribution is 0.478. The van der Waals surface area contributed by atoms with Gasteiger partial charge in [-0.1, -0.05) is 65.8 Å². The molecule has 0 aliphatic carbocycles. The molecule has 4 fully saturated rings. The van der Waals surface area contributed by atoms with Crippen molar-refractivity contribution in [3.63, 3.8) is 0 Å². The van der Waals surface area contributed by atoms with Gasteiger partial charge in [0.05, 0.1) is 0 Å². The van der Waals surface area contributed by atoms with E-state index in [2.05, 4.69) is 24.3 Å². The molecule has 4 bridgehead atoms. The van der Waals surface area contributed by atoms with E-state index in [-0.39, 0.29) is 15.8 Å². The number of rotatable bonds is 2. The molecule has 2 heteroatoms. The van der Waals surface area contributed by atoms with Crippen LogP contribution in [0.25, 0.3) is 0 Å². The summed E-state index contributed by atoms with van der Waals surface area (Å²) < 4.78 is 0. The quantitative estimate of drug-likeness (QED) is 0.560. The zero-order chi connectivity index (χ0) is 15.9. The Kier molecular flexibility index (Phi) is 4.75. The van der Waals surface area contributed by atoms with Crippen molar-refractivity contribution in [3.05, 3.63) is 24.3 Å². The van der Waals surface area contributed by atoms with Crippen molar-refractivity contribution in [2.45, 2.75) is 99.7 Å². The first-order chi connectivity index (χ1) is 11.9. The molecule has 4 aliphatic heterocycles. The van der Waals surface area contributed by atoms with Crippen molar-refractivity contribution in [1.82, 2.24) is 0 Å². The van der Waals surface area contributed by atoms with Crippen molar-refractivity contribution >= 4 is 26.5 Å². The lowest BCUT2D eigenvalue weighted by Crippen LogP contribution is -2.40. The summed E-state index contributed by atoms with van der Waals surface area (Å²) in [5.41, 5.74) is 4.31. The molecule has 4 aliphatic rings. The zero-order valence-electron chi connectivity index (χ0n) is 15.0. The molecule has 0 N–H and O–H groups in total. The minimum absolute atomic E-state index is 0.147. The van der Waals surface area contributed by atoms with Crippen molar-refractivity contribution in [2.75, 3.05) is 0 Å². The maximum atomic E-state index is 2.60. The Hall–Kier alpha value is 0.0800. The molecule has 24 heavy (non-hydrogen) atoms. The Bertz CT molecular complexity index is 488. The highest BCUT2D eigenvalue weighted by molar-refractivity contribution is 7.73. The lowest BCUT2D eigenvalue weighted by Gasteiger charge is -2.48. The molecule has 0 atom stereocenters. The fourth-order valence-electron chi connectivity index (χ4n) is 6.33. The first-order valence-corrected chi connectivity index (χ1v) is 13.5. The molecule has 130 valence electrons. The second-order valence-electron chi connectivity index (χ2n) is 8.64. The summed E-state index contributed by atoms with van der Waals surface area (Å²) in [6, 6.07) is 9.95. The van der Waals surface area contributed by atoms with Gasteiger partial charge in [-0.15, -0.1) is 0 Å². The van der Waals surface area contributed by atoms with Gasteiger partial charge in [-0.25, -0.2) is 0 Å². The van der Waals surface area contributed by atoms with E-state index in [4.69, 9.17) is 0 Å². The van der Waals surface area contributed by atoms with Gasteiger partial charge in [0.25, 0.3) is 0 Å². The van der Waals surface area contributed by atoms with Crippen LogP contribution >= 0.6 is 15.8 Å². The molecule has 1 aromatic carbocycles. The van der Waals surface area contributed by atoms with E-state index in [0.717, 1.165) is 22.6 Å². The molecule has 0 nitrogen and oxygen atoms in total. The van der Waals surface area contributed by atoms with Gasteiger partial charge in [-0.05, 0) is 84.6 Å². The van der Waals surface area contributed by atoms with E-state index in [0.29, 0.717) is 0 Å². The summed E-state index contributed by atoms with van der Waals surface area (Å²) in [7, 11) is 0.294. The SMILES string of the molecule is c1ccc(P2C3CCCC2CCC3)c(P2C3CCCC2CCC3)c1. The smallest absolute Gasteiger partial charge is 0.0158 e. The average molecular weight is 358 g/mol. The molecule has 4 saturated heterocycles. The van der Waals surface area contributed by atoms with Gasteiger partial charge in [0.15, 0.2) is 0 Å². The maximum absolute atomic E-state index is 2.60. The molecule has 0 spiro atoms. The number of benzene rings is 1. The fourth-order valence-corrected chi connectivity index (χ4v) is 14.7. The van der Waals surface area contributed by atoms with Crippen molar-refractivity contribution < 1.29 is 0 Å². The molecule has 5 rings (SSSR count). The average Bonchev–Trinajstić information content (AvgIpc) is 2.60. The van der Waals surface area contributed by atoms with Gasteiger partial charge in [0.2, 0.25) is 0 Å². The minimum Gasteiger partial charge on any atom is -0.0683 e. The third-order valence-electron chi connectivity index (χ3n) is 7.31. The Morgan fingerprint density at radius 2 is 0.792 bits per heavy atom. The van der Waals surface area contributed by atoms with Crippen molar-refractivity contribution in [3.8, 4) is 0 Å². The predicted molar refractivity (Wildman–Crippen MR) is 110 cm³/mol. The third kappa shape index (κ3) is 2.81. The van der Waals surface area contributed by atoms with Gasteiger partial charge < -0.3 is 0 Å². The number of fused-ring (bicyclic) bond motifs is 4. The summed E-state index contributed by atoms with van der Waals surface area (Å²) in [6.45, 7) is 0. The van der Waals surface area contributed by atoms with Crippen LogP contribution in [0.2, 0.25) is 0 Å². The summed E-state index contributed by atoms with van der Waals surface area (Å²) in [4.78, 5) is 0. The molecule has 0 unspecified atom stereocenters. The second kappa shape index (κ2) is 7.00. The molecule has 1 aromatic rings. The van der Waals surface area contributed by atoms with Gasteiger partial charge in [0, 0.05) is 0 Å². The Morgan fingerprint density at radius 1 is 0.500 bits per heavy atom. The highest BCUT2D eigenvalue weighted by Crippen LogP contribution is 2.62. The van der Waals surface area contributed by atoms with E-state index < -0.39 is 0 Å². The topological polar surface area (TPSA) is 0 Å². The van der Waals surface area contributed by atoms with Crippen LogP contribution < -0.4 is 10.6 Å².